The minimum atomic E-state index is -0.676. The summed E-state index contributed by atoms with van der Waals surface area (Å²) in [4.78, 5) is 0. The van der Waals surface area contributed by atoms with Gasteiger partial charge in [-0.25, -0.2) is 8.78 Å². The summed E-state index contributed by atoms with van der Waals surface area (Å²) in [6.45, 7) is 6.26. The predicted octanol–water partition coefficient (Wildman–Crippen LogP) is 7.62. The highest BCUT2D eigenvalue weighted by molar-refractivity contribution is 5.25. The van der Waals surface area contributed by atoms with Crippen LogP contribution in [-0.4, -0.2) is 0 Å². The van der Waals surface area contributed by atoms with Gasteiger partial charge in [-0.05, 0) is 48.6 Å². The maximum atomic E-state index is 13.7. The van der Waals surface area contributed by atoms with Crippen LogP contribution < -0.4 is 0 Å². The molecule has 0 bridgehead atoms. The Labute approximate surface area is 153 Å². The second-order valence-electron chi connectivity index (χ2n) is 8.58. The molecule has 1 aromatic rings. The summed E-state index contributed by atoms with van der Waals surface area (Å²) in [5.41, 5.74) is 0.930. The van der Waals surface area contributed by atoms with E-state index in [0.717, 1.165) is 18.3 Å². The Balaban J connectivity index is 0.000000269. The van der Waals surface area contributed by atoms with Gasteiger partial charge in [-0.2, -0.15) is 0 Å². The van der Waals surface area contributed by atoms with Crippen molar-refractivity contribution in [1.29, 1.82) is 0 Å². The first kappa shape index (κ1) is 20.4. The average Bonchev–Trinajstić information content (AvgIpc) is 2.62. The Kier molecular flexibility index (Phi) is 8.39. The van der Waals surface area contributed by atoms with Gasteiger partial charge in [0, 0.05) is 0 Å². The molecule has 1 aromatic carbocycles. The maximum absolute atomic E-state index is 13.7. The van der Waals surface area contributed by atoms with E-state index in [1.54, 1.807) is 19.1 Å². The molecule has 0 spiro atoms. The lowest BCUT2D eigenvalue weighted by Crippen LogP contribution is -2.13. The summed E-state index contributed by atoms with van der Waals surface area (Å²) in [6.07, 6.45) is 14.2. The molecule has 0 radical (unpaired) electrons. The first-order valence-electron chi connectivity index (χ1n) is 10.4. The van der Waals surface area contributed by atoms with Crippen LogP contribution in [0.5, 0.6) is 0 Å². The van der Waals surface area contributed by atoms with Gasteiger partial charge in [-0.3, -0.25) is 0 Å². The van der Waals surface area contributed by atoms with Crippen molar-refractivity contribution >= 4 is 0 Å². The maximum Gasteiger partial charge on any atom is 0.162 e. The van der Waals surface area contributed by atoms with Crippen LogP contribution in [0, 0.1) is 36.3 Å². The highest BCUT2D eigenvalue weighted by atomic mass is 19.2. The Morgan fingerprint density at radius 2 is 1.40 bits per heavy atom. The quantitative estimate of drug-likeness (QED) is 0.526. The molecule has 25 heavy (non-hydrogen) atoms. The lowest BCUT2D eigenvalue weighted by molar-refractivity contribution is 0.277. The van der Waals surface area contributed by atoms with Gasteiger partial charge in [0.15, 0.2) is 11.6 Å². The molecule has 0 aromatic heterocycles. The molecule has 0 N–H and O–H groups in total. The standard InChI is InChI=1S/C16H22F2.C7H14/c1-11-3-6-13(7-4-11)8-10-14-9-5-12(2)15(17)16(14)18;1-7-5-3-2-4-6-7/h5,9,11,13H,3-4,6-8,10H2,1-2H3;7H,2-6H2,1H3. The van der Waals surface area contributed by atoms with Gasteiger partial charge in [-0.1, -0.05) is 83.8 Å². The van der Waals surface area contributed by atoms with Crippen molar-refractivity contribution in [3.63, 3.8) is 0 Å². The lowest BCUT2D eigenvalue weighted by Gasteiger charge is -2.26. The highest BCUT2D eigenvalue weighted by Gasteiger charge is 2.19. The van der Waals surface area contributed by atoms with Crippen molar-refractivity contribution in [2.75, 3.05) is 0 Å². The highest BCUT2D eigenvalue weighted by Crippen LogP contribution is 2.31. The van der Waals surface area contributed by atoms with Crippen molar-refractivity contribution in [1.82, 2.24) is 0 Å². The summed E-state index contributed by atoms with van der Waals surface area (Å²) >= 11 is 0. The van der Waals surface area contributed by atoms with Crippen molar-refractivity contribution < 1.29 is 8.78 Å². The molecule has 0 saturated heterocycles. The Morgan fingerprint density at radius 1 is 0.800 bits per heavy atom. The third kappa shape index (κ3) is 6.72. The van der Waals surface area contributed by atoms with E-state index in [9.17, 15) is 8.78 Å². The van der Waals surface area contributed by atoms with Crippen LogP contribution in [0.15, 0.2) is 12.1 Å². The molecule has 142 valence electrons. The number of aryl methyl sites for hydroxylation is 2. The number of rotatable bonds is 3. The van der Waals surface area contributed by atoms with E-state index in [1.165, 1.54) is 57.8 Å². The number of benzene rings is 1. The van der Waals surface area contributed by atoms with Crippen LogP contribution in [0.3, 0.4) is 0 Å². The fraction of sp³-hybridized carbons (Fsp3) is 0.739. The number of halogens is 2. The topological polar surface area (TPSA) is 0 Å². The van der Waals surface area contributed by atoms with Crippen molar-refractivity contribution in [2.45, 2.75) is 91.4 Å². The minimum Gasteiger partial charge on any atom is -0.203 e. The predicted molar refractivity (Wildman–Crippen MR) is 103 cm³/mol. The molecule has 0 amide bonds. The van der Waals surface area contributed by atoms with Crippen LogP contribution in [0.25, 0.3) is 0 Å². The summed E-state index contributed by atoms with van der Waals surface area (Å²) < 4.78 is 27.1. The normalized spacial score (nSPS) is 24.5. The molecular formula is C23H36F2. The molecule has 0 unspecified atom stereocenters. The van der Waals surface area contributed by atoms with E-state index in [4.69, 9.17) is 0 Å². The zero-order valence-corrected chi connectivity index (χ0v) is 16.4. The second kappa shape index (κ2) is 10.3. The lowest BCUT2D eigenvalue weighted by atomic mass is 9.80. The van der Waals surface area contributed by atoms with E-state index in [-0.39, 0.29) is 0 Å². The molecule has 2 aliphatic carbocycles. The molecule has 0 atom stereocenters. The monoisotopic (exact) mass is 350 g/mol. The largest absolute Gasteiger partial charge is 0.203 e. The van der Waals surface area contributed by atoms with Crippen molar-refractivity contribution in [3.8, 4) is 0 Å². The van der Waals surface area contributed by atoms with Crippen molar-refractivity contribution in [2.24, 2.45) is 17.8 Å². The van der Waals surface area contributed by atoms with E-state index < -0.39 is 11.6 Å². The van der Waals surface area contributed by atoms with E-state index in [0.29, 0.717) is 23.5 Å². The summed E-state index contributed by atoms with van der Waals surface area (Å²) in [5.74, 6) is 1.26. The first-order chi connectivity index (χ1) is 12.0. The third-order valence-electron chi connectivity index (χ3n) is 6.21. The van der Waals surface area contributed by atoms with Crippen molar-refractivity contribution in [3.05, 3.63) is 34.9 Å². The molecule has 0 nitrogen and oxygen atoms in total. The van der Waals surface area contributed by atoms with E-state index in [1.807, 2.05) is 0 Å². The summed E-state index contributed by atoms with van der Waals surface area (Å²) in [5, 5.41) is 0. The van der Waals surface area contributed by atoms with Crippen LogP contribution in [0.2, 0.25) is 0 Å². The average molecular weight is 351 g/mol. The number of hydrogen-bond acceptors (Lipinski definition) is 0. The number of hydrogen-bond donors (Lipinski definition) is 0. The Hall–Kier alpha value is -0.920. The zero-order chi connectivity index (χ0) is 18.2. The SMILES string of the molecule is CC1CCCCC1.Cc1ccc(CCC2CCC(C)CC2)c(F)c1F. The minimum absolute atomic E-state index is 0.391. The molecular weight excluding hydrogens is 314 g/mol. The van der Waals surface area contributed by atoms with Crippen LogP contribution in [-0.2, 0) is 6.42 Å². The summed E-state index contributed by atoms with van der Waals surface area (Å²) in [6, 6.07) is 3.41. The van der Waals surface area contributed by atoms with E-state index >= 15 is 0 Å². The fourth-order valence-electron chi connectivity index (χ4n) is 4.16. The first-order valence-corrected chi connectivity index (χ1v) is 10.4. The van der Waals surface area contributed by atoms with Crippen LogP contribution in [0.4, 0.5) is 8.78 Å². The van der Waals surface area contributed by atoms with Gasteiger partial charge in [0.25, 0.3) is 0 Å². The molecule has 2 aliphatic rings. The van der Waals surface area contributed by atoms with Gasteiger partial charge in [-0.15, -0.1) is 0 Å². The van der Waals surface area contributed by atoms with Gasteiger partial charge >= 0.3 is 0 Å². The molecule has 2 heteroatoms. The van der Waals surface area contributed by atoms with Gasteiger partial charge in [0.1, 0.15) is 0 Å². The molecule has 0 aliphatic heterocycles. The molecule has 0 heterocycles. The van der Waals surface area contributed by atoms with Crippen LogP contribution in [0.1, 0.15) is 89.2 Å². The van der Waals surface area contributed by atoms with Gasteiger partial charge in [0.2, 0.25) is 0 Å². The third-order valence-corrected chi connectivity index (χ3v) is 6.21. The smallest absolute Gasteiger partial charge is 0.162 e. The van der Waals surface area contributed by atoms with E-state index in [2.05, 4.69) is 13.8 Å². The Bertz CT molecular complexity index is 509. The summed E-state index contributed by atoms with van der Waals surface area (Å²) in [7, 11) is 0. The molecule has 2 saturated carbocycles. The zero-order valence-electron chi connectivity index (χ0n) is 16.4. The second-order valence-corrected chi connectivity index (χ2v) is 8.58. The molecule has 2 fully saturated rings. The Morgan fingerprint density at radius 3 is 1.96 bits per heavy atom. The van der Waals surface area contributed by atoms with Gasteiger partial charge in [0.05, 0.1) is 0 Å². The van der Waals surface area contributed by atoms with Gasteiger partial charge < -0.3 is 0 Å². The fourth-order valence-corrected chi connectivity index (χ4v) is 4.16. The molecule has 3 rings (SSSR count). The van der Waals surface area contributed by atoms with Crippen LogP contribution >= 0.6 is 0 Å².